The quantitative estimate of drug-likeness (QED) is 0.898. The van der Waals surface area contributed by atoms with Gasteiger partial charge in [0.05, 0.1) is 18.1 Å². The Labute approximate surface area is 146 Å². The summed E-state index contributed by atoms with van der Waals surface area (Å²) in [5.74, 6) is -0.468. The molecule has 1 N–H and O–H groups in total. The van der Waals surface area contributed by atoms with Crippen LogP contribution in [0.25, 0.3) is 0 Å². The summed E-state index contributed by atoms with van der Waals surface area (Å²) in [6.07, 6.45) is 0. The molecule has 0 radical (unpaired) electrons. The molecule has 2 aromatic rings. The fraction of sp³-hybridized carbons (Fsp3) is 0.316. The predicted molar refractivity (Wildman–Crippen MR) is 93.6 cm³/mol. The number of carbonyl (C=O) groups is 1. The van der Waals surface area contributed by atoms with Crippen molar-refractivity contribution in [2.45, 2.75) is 12.5 Å². The zero-order chi connectivity index (χ0) is 17.1. The summed E-state index contributed by atoms with van der Waals surface area (Å²) in [7, 11) is 1.59. The number of hydrogen-bond acceptors (Lipinski definition) is 3. The summed E-state index contributed by atoms with van der Waals surface area (Å²) in [5, 5.41) is 10.1. The number of likely N-dealkylation sites (tertiary alicyclic amines) is 1. The van der Waals surface area contributed by atoms with Crippen LogP contribution in [0.4, 0.5) is 0 Å². The summed E-state index contributed by atoms with van der Waals surface area (Å²) in [5.41, 5.74) is 2.14. The minimum absolute atomic E-state index is 0.0115. The number of carboxylic acid groups (broad SMARTS) is 1. The molecule has 0 spiro atoms. The normalized spacial score (nSPS) is 20.9. The Kier molecular flexibility index (Phi) is 5.07. The van der Waals surface area contributed by atoms with Gasteiger partial charge in [0.2, 0.25) is 0 Å². The molecule has 3 rings (SSSR count). The van der Waals surface area contributed by atoms with Crippen molar-refractivity contribution in [3.05, 3.63) is 64.7 Å². The lowest BCUT2D eigenvalue weighted by Crippen LogP contribution is -2.23. The Morgan fingerprint density at radius 2 is 2.00 bits per heavy atom. The van der Waals surface area contributed by atoms with Crippen LogP contribution in [0.2, 0.25) is 5.02 Å². The second-order valence-corrected chi connectivity index (χ2v) is 6.53. The first-order chi connectivity index (χ1) is 11.6. The molecule has 1 heterocycles. The highest BCUT2D eigenvalue weighted by atomic mass is 35.5. The molecule has 1 fully saturated rings. The average molecular weight is 346 g/mol. The van der Waals surface area contributed by atoms with Crippen LogP contribution in [-0.4, -0.2) is 36.2 Å². The Balaban J connectivity index is 1.76. The van der Waals surface area contributed by atoms with E-state index >= 15 is 0 Å². The number of ether oxygens (including phenoxy) is 1. The van der Waals surface area contributed by atoms with Crippen LogP contribution in [0.3, 0.4) is 0 Å². The third kappa shape index (κ3) is 3.55. The highest BCUT2D eigenvalue weighted by Gasteiger charge is 2.38. The van der Waals surface area contributed by atoms with Crippen LogP contribution in [0.1, 0.15) is 17.0 Å². The maximum absolute atomic E-state index is 11.7. The van der Waals surface area contributed by atoms with Gasteiger partial charge in [-0.2, -0.15) is 0 Å². The minimum atomic E-state index is -0.737. The molecule has 0 unspecified atom stereocenters. The van der Waals surface area contributed by atoms with Crippen molar-refractivity contribution in [2.75, 3.05) is 20.2 Å². The number of carboxylic acids is 1. The van der Waals surface area contributed by atoms with E-state index in [0.29, 0.717) is 23.9 Å². The molecular formula is C19H20ClNO3. The van der Waals surface area contributed by atoms with E-state index in [0.717, 1.165) is 17.7 Å². The monoisotopic (exact) mass is 345 g/mol. The minimum Gasteiger partial charge on any atom is -0.495 e. The van der Waals surface area contributed by atoms with E-state index in [1.54, 1.807) is 7.11 Å². The maximum atomic E-state index is 11.7. The lowest BCUT2D eigenvalue weighted by molar-refractivity contribution is -0.141. The predicted octanol–water partition coefficient (Wildman–Crippen LogP) is 3.65. The summed E-state index contributed by atoms with van der Waals surface area (Å²) in [4.78, 5) is 13.8. The van der Waals surface area contributed by atoms with Crippen molar-refractivity contribution in [1.29, 1.82) is 0 Å². The number of nitrogens with zero attached hydrogens (tertiary/aromatic N) is 1. The van der Waals surface area contributed by atoms with E-state index in [-0.39, 0.29) is 11.8 Å². The van der Waals surface area contributed by atoms with Crippen LogP contribution >= 0.6 is 11.6 Å². The molecule has 2 atom stereocenters. The molecule has 0 saturated carbocycles. The van der Waals surface area contributed by atoms with Gasteiger partial charge in [-0.15, -0.1) is 0 Å². The lowest BCUT2D eigenvalue weighted by Gasteiger charge is -2.17. The Bertz CT molecular complexity index is 720. The maximum Gasteiger partial charge on any atom is 0.308 e. The molecule has 24 heavy (non-hydrogen) atoms. The number of halogens is 1. The van der Waals surface area contributed by atoms with E-state index in [1.807, 2.05) is 48.5 Å². The van der Waals surface area contributed by atoms with Crippen molar-refractivity contribution in [3.63, 3.8) is 0 Å². The average Bonchev–Trinajstić information content (AvgIpc) is 3.00. The van der Waals surface area contributed by atoms with Gasteiger partial charge >= 0.3 is 5.97 Å². The molecule has 1 aliphatic rings. The van der Waals surface area contributed by atoms with Gasteiger partial charge in [-0.25, -0.2) is 0 Å². The molecule has 0 amide bonds. The smallest absolute Gasteiger partial charge is 0.308 e. The van der Waals surface area contributed by atoms with Crippen LogP contribution in [-0.2, 0) is 11.3 Å². The third-order valence-electron chi connectivity index (χ3n) is 4.56. The highest BCUT2D eigenvalue weighted by molar-refractivity contribution is 6.32. The number of methoxy groups -OCH3 is 1. The second-order valence-electron chi connectivity index (χ2n) is 6.12. The van der Waals surface area contributed by atoms with Gasteiger partial charge in [-0.3, -0.25) is 9.69 Å². The topological polar surface area (TPSA) is 49.8 Å². The SMILES string of the molecule is COc1ccc(CN2C[C@@H](C(=O)O)[C@H](c3ccccc3)C2)cc1Cl. The molecule has 126 valence electrons. The van der Waals surface area contributed by atoms with E-state index < -0.39 is 5.97 Å². The summed E-state index contributed by atoms with van der Waals surface area (Å²) in [6.45, 7) is 1.94. The third-order valence-corrected chi connectivity index (χ3v) is 4.86. The van der Waals surface area contributed by atoms with Gasteiger partial charge in [0.1, 0.15) is 5.75 Å². The van der Waals surface area contributed by atoms with Crippen molar-refractivity contribution < 1.29 is 14.6 Å². The summed E-state index contributed by atoms with van der Waals surface area (Å²) < 4.78 is 5.17. The molecular weight excluding hydrogens is 326 g/mol. The van der Waals surface area contributed by atoms with Gasteiger partial charge in [0, 0.05) is 25.6 Å². The number of aliphatic carboxylic acids is 1. The van der Waals surface area contributed by atoms with E-state index in [4.69, 9.17) is 16.3 Å². The van der Waals surface area contributed by atoms with E-state index in [2.05, 4.69) is 4.90 Å². The van der Waals surface area contributed by atoms with Crippen LogP contribution in [0, 0.1) is 5.92 Å². The molecule has 1 saturated heterocycles. The fourth-order valence-corrected chi connectivity index (χ4v) is 3.65. The van der Waals surface area contributed by atoms with E-state index in [1.165, 1.54) is 0 Å². The van der Waals surface area contributed by atoms with Gasteiger partial charge in [-0.05, 0) is 23.3 Å². The molecule has 0 bridgehead atoms. The molecule has 5 heteroatoms. The number of benzene rings is 2. The number of rotatable bonds is 5. The standard InChI is InChI=1S/C19H20ClNO3/c1-24-18-8-7-13(9-17(18)20)10-21-11-15(16(12-21)19(22)23)14-5-3-2-4-6-14/h2-9,15-16H,10-12H2,1H3,(H,22,23)/t15-,16+/m0/s1. The lowest BCUT2D eigenvalue weighted by atomic mass is 9.89. The Morgan fingerprint density at radius 1 is 1.25 bits per heavy atom. The van der Waals surface area contributed by atoms with Gasteiger partial charge in [-0.1, -0.05) is 48.0 Å². The van der Waals surface area contributed by atoms with E-state index in [9.17, 15) is 9.90 Å². The van der Waals surface area contributed by atoms with Crippen LogP contribution in [0.15, 0.2) is 48.5 Å². The molecule has 4 nitrogen and oxygen atoms in total. The molecule has 0 aliphatic carbocycles. The largest absolute Gasteiger partial charge is 0.495 e. The van der Waals surface area contributed by atoms with Gasteiger partial charge in [0.25, 0.3) is 0 Å². The number of hydrogen-bond donors (Lipinski definition) is 1. The Hall–Kier alpha value is -2.04. The van der Waals surface area contributed by atoms with Crippen molar-refractivity contribution in [3.8, 4) is 5.75 Å². The molecule has 0 aromatic heterocycles. The summed E-state index contributed by atoms with van der Waals surface area (Å²) >= 11 is 6.18. The van der Waals surface area contributed by atoms with Crippen LogP contribution in [0.5, 0.6) is 5.75 Å². The Morgan fingerprint density at radius 3 is 2.62 bits per heavy atom. The molecule has 2 aromatic carbocycles. The first-order valence-corrected chi connectivity index (χ1v) is 8.29. The second kappa shape index (κ2) is 7.24. The molecule has 1 aliphatic heterocycles. The van der Waals surface area contributed by atoms with Crippen molar-refractivity contribution >= 4 is 17.6 Å². The zero-order valence-corrected chi connectivity index (χ0v) is 14.2. The van der Waals surface area contributed by atoms with Crippen LogP contribution < -0.4 is 4.74 Å². The van der Waals surface area contributed by atoms with Gasteiger partial charge in [0.15, 0.2) is 0 Å². The van der Waals surface area contributed by atoms with Crippen molar-refractivity contribution in [2.24, 2.45) is 5.92 Å². The first-order valence-electron chi connectivity index (χ1n) is 7.91. The fourth-order valence-electron chi connectivity index (χ4n) is 3.37. The summed E-state index contributed by atoms with van der Waals surface area (Å²) in [6, 6.07) is 15.6. The highest BCUT2D eigenvalue weighted by Crippen LogP contribution is 2.34. The van der Waals surface area contributed by atoms with Gasteiger partial charge < -0.3 is 9.84 Å². The zero-order valence-electron chi connectivity index (χ0n) is 13.5. The first kappa shape index (κ1) is 16.8. The van der Waals surface area contributed by atoms with Crippen molar-refractivity contribution in [1.82, 2.24) is 4.90 Å².